The van der Waals surface area contributed by atoms with Gasteiger partial charge in [0.2, 0.25) is 0 Å². The lowest BCUT2D eigenvalue weighted by Gasteiger charge is -2.38. The number of para-hydroxylation sites is 1. The summed E-state index contributed by atoms with van der Waals surface area (Å²) in [6.07, 6.45) is -2.80. The van der Waals surface area contributed by atoms with Gasteiger partial charge in [0.25, 0.3) is 0 Å². The summed E-state index contributed by atoms with van der Waals surface area (Å²) >= 11 is 0. The Bertz CT molecular complexity index is 652. The highest BCUT2D eigenvalue weighted by molar-refractivity contribution is 14.0. The fourth-order valence-corrected chi connectivity index (χ4v) is 3.23. The first-order valence-electron chi connectivity index (χ1n) is 9.10. The van der Waals surface area contributed by atoms with Gasteiger partial charge in [-0.25, -0.2) is 0 Å². The zero-order valence-electron chi connectivity index (χ0n) is 16.8. The van der Waals surface area contributed by atoms with Crippen molar-refractivity contribution < 1.29 is 17.9 Å². The summed E-state index contributed by atoms with van der Waals surface area (Å²) in [5.41, 5.74) is 0.773. The molecule has 0 spiro atoms. The number of guanidine groups is 1. The minimum Gasteiger partial charge on any atom is -0.487 e. The molecule has 1 aliphatic heterocycles. The van der Waals surface area contributed by atoms with Gasteiger partial charge >= 0.3 is 6.18 Å². The second-order valence-corrected chi connectivity index (χ2v) is 7.51. The van der Waals surface area contributed by atoms with Crippen molar-refractivity contribution in [3.05, 3.63) is 29.8 Å². The predicted octanol–water partition coefficient (Wildman–Crippen LogP) is 3.96. The molecule has 0 radical (unpaired) electrons. The maximum absolute atomic E-state index is 12.3. The van der Waals surface area contributed by atoms with E-state index in [0.717, 1.165) is 17.7 Å². The van der Waals surface area contributed by atoms with Gasteiger partial charge in [-0.15, -0.1) is 24.0 Å². The first-order chi connectivity index (χ1) is 12.6. The van der Waals surface area contributed by atoms with Crippen LogP contribution in [0.2, 0.25) is 0 Å². The van der Waals surface area contributed by atoms with Crippen molar-refractivity contribution in [2.75, 3.05) is 33.7 Å². The molecular formula is C19H30F3IN4O. The van der Waals surface area contributed by atoms with E-state index in [1.54, 1.807) is 7.05 Å². The van der Waals surface area contributed by atoms with Crippen LogP contribution in [0, 0.1) is 0 Å². The molecule has 160 valence electrons. The highest BCUT2D eigenvalue weighted by Crippen LogP contribution is 2.39. The van der Waals surface area contributed by atoms with Crippen molar-refractivity contribution in [2.24, 2.45) is 4.99 Å². The third-order valence-electron chi connectivity index (χ3n) is 4.37. The molecule has 5 nitrogen and oxygen atoms in total. The summed E-state index contributed by atoms with van der Waals surface area (Å²) in [5, 5.41) is 6.59. The molecule has 1 unspecified atom stereocenters. The molecular weight excluding hydrogens is 484 g/mol. The lowest BCUT2D eigenvalue weighted by atomic mass is 9.90. The Morgan fingerprint density at radius 1 is 1.32 bits per heavy atom. The molecule has 0 bridgehead atoms. The number of nitrogens with zero attached hydrogens (tertiary/aromatic N) is 2. The summed E-state index contributed by atoms with van der Waals surface area (Å²) < 4.78 is 43.1. The summed E-state index contributed by atoms with van der Waals surface area (Å²) in [4.78, 5) is 5.51. The van der Waals surface area contributed by atoms with Crippen molar-refractivity contribution in [3.8, 4) is 5.75 Å². The normalized spacial score (nSPS) is 18.7. The van der Waals surface area contributed by atoms with E-state index >= 15 is 0 Å². The van der Waals surface area contributed by atoms with Crippen molar-refractivity contribution in [3.63, 3.8) is 0 Å². The van der Waals surface area contributed by atoms with Gasteiger partial charge in [0.1, 0.15) is 11.4 Å². The number of nitrogens with one attached hydrogen (secondary N) is 2. The second-order valence-electron chi connectivity index (χ2n) is 7.51. The van der Waals surface area contributed by atoms with Crippen LogP contribution in [0.1, 0.15) is 38.3 Å². The first-order valence-corrected chi connectivity index (χ1v) is 9.10. The average Bonchev–Trinajstić information content (AvgIpc) is 2.54. The van der Waals surface area contributed by atoms with Crippen LogP contribution >= 0.6 is 24.0 Å². The summed E-state index contributed by atoms with van der Waals surface area (Å²) in [6, 6.07) is 7.95. The number of aliphatic imine (C=N–C) groups is 1. The van der Waals surface area contributed by atoms with E-state index in [4.69, 9.17) is 4.74 Å². The van der Waals surface area contributed by atoms with Crippen LogP contribution in [-0.2, 0) is 0 Å². The van der Waals surface area contributed by atoms with Crippen molar-refractivity contribution in [2.45, 2.75) is 44.5 Å². The number of rotatable bonds is 6. The fourth-order valence-electron chi connectivity index (χ4n) is 3.23. The molecule has 0 aromatic heterocycles. The second kappa shape index (κ2) is 10.5. The van der Waals surface area contributed by atoms with Crippen LogP contribution < -0.4 is 15.4 Å². The van der Waals surface area contributed by atoms with E-state index in [2.05, 4.69) is 15.6 Å². The lowest BCUT2D eigenvalue weighted by Crippen LogP contribution is -2.45. The van der Waals surface area contributed by atoms with E-state index in [1.807, 2.05) is 38.1 Å². The molecule has 0 saturated heterocycles. The van der Waals surface area contributed by atoms with Crippen molar-refractivity contribution in [1.82, 2.24) is 15.5 Å². The standard InChI is InChI=1S/C19H29F3N4O.HI/c1-18(2)12-15(14-8-5-6-9-16(14)27-18)25-17(23-3)24-10-7-11-26(4)13-19(20,21)22;/h5-6,8-9,15H,7,10-13H2,1-4H3,(H2,23,24,25);1H. The van der Waals surface area contributed by atoms with Gasteiger partial charge in [0.05, 0.1) is 12.6 Å². The minimum atomic E-state index is -4.16. The third kappa shape index (κ3) is 8.02. The van der Waals surface area contributed by atoms with Gasteiger partial charge in [-0.2, -0.15) is 13.2 Å². The lowest BCUT2D eigenvalue weighted by molar-refractivity contribution is -0.143. The Morgan fingerprint density at radius 2 is 2.00 bits per heavy atom. The predicted molar refractivity (Wildman–Crippen MR) is 117 cm³/mol. The molecule has 0 fully saturated rings. The molecule has 1 atom stereocenters. The van der Waals surface area contributed by atoms with Crippen LogP contribution in [0.5, 0.6) is 5.75 Å². The summed E-state index contributed by atoms with van der Waals surface area (Å²) in [5.74, 6) is 1.49. The molecule has 9 heteroatoms. The Morgan fingerprint density at radius 3 is 2.64 bits per heavy atom. The Balaban J connectivity index is 0.00000392. The van der Waals surface area contributed by atoms with Crippen LogP contribution in [-0.4, -0.2) is 56.4 Å². The molecule has 28 heavy (non-hydrogen) atoms. The zero-order chi connectivity index (χ0) is 20.1. The van der Waals surface area contributed by atoms with Gasteiger partial charge in [0.15, 0.2) is 5.96 Å². The Labute approximate surface area is 182 Å². The number of ether oxygens (including phenoxy) is 1. The third-order valence-corrected chi connectivity index (χ3v) is 4.37. The van der Waals surface area contributed by atoms with E-state index in [9.17, 15) is 13.2 Å². The molecule has 0 amide bonds. The maximum atomic E-state index is 12.3. The molecule has 1 aliphatic rings. The number of benzene rings is 1. The number of hydrogen-bond acceptors (Lipinski definition) is 3. The van der Waals surface area contributed by atoms with E-state index in [0.29, 0.717) is 25.5 Å². The number of fused-ring (bicyclic) bond motifs is 1. The molecule has 0 saturated carbocycles. The van der Waals surface area contributed by atoms with Crippen molar-refractivity contribution >= 4 is 29.9 Å². The van der Waals surface area contributed by atoms with E-state index < -0.39 is 12.7 Å². The largest absolute Gasteiger partial charge is 0.487 e. The fraction of sp³-hybridized carbons (Fsp3) is 0.632. The topological polar surface area (TPSA) is 48.9 Å². The zero-order valence-corrected chi connectivity index (χ0v) is 19.1. The number of hydrogen-bond donors (Lipinski definition) is 2. The quantitative estimate of drug-likeness (QED) is 0.261. The smallest absolute Gasteiger partial charge is 0.401 e. The van der Waals surface area contributed by atoms with Crippen LogP contribution in [0.3, 0.4) is 0 Å². The molecule has 0 aliphatic carbocycles. The minimum absolute atomic E-state index is 0. The molecule has 2 N–H and O–H groups in total. The monoisotopic (exact) mass is 514 g/mol. The number of halogens is 4. The molecule has 2 rings (SSSR count). The molecule has 1 heterocycles. The van der Waals surface area contributed by atoms with Crippen LogP contribution in [0.4, 0.5) is 13.2 Å². The number of alkyl halides is 3. The van der Waals surface area contributed by atoms with Gasteiger partial charge < -0.3 is 15.4 Å². The highest BCUT2D eigenvalue weighted by Gasteiger charge is 2.34. The van der Waals surface area contributed by atoms with E-state index in [-0.39, 0.29) is 35.6 Å². The van der Waals surface area contributed by atoms with Crippen LogP contribution in [0.15, 0.2) is 29.3 Å². The first kappa shape index (κ1) is 24.8. The molecule has 1 aromatic carbocycles. The average molecular weight is 514 g/mol. The van der Waals surface area contributed by atoms with Crippen LogP contribution in [0.25, 0.3) is 0 Å². The Kier molecular flexibility index (Phi) is 9.32. The SMILES string of the molecule is CN=C(NCCCN(C)CC(F)(F)F)NC1CC(C)(C)Oc2ccccc21.I. The van der Waals surface area contributed by atoms with Crippen molar-refractivity contribution in [1.29, 1.82) is 0 Å². The maximum Gasteiger partial charge on any atom is 0.401 e. The summed E-state index contributed by atoms with van der Waals surface area (Å²) in [7, 11) is 3.16. The van der Waals surface area contributed by atoms with Gasteiger partial charge in [-0.1, -0.05) is 18.2 Å². The molecule has 1 aromatic rings. The van der Waals surface area contributed by atoms with Gasteiger partial charge in [-0.3, -0.25) is 9.89 Å². The Hall–Kier alpha value is -1.23. The van der Waals surface area contributed by atoms with Gasteiger partial charge in [-0.05, 0) is 39.9 Å². The van der Waals surface area contributed by atoms with Gasteiger partial charge in [0, 0.05) is 25.6 Å². The highest BCUT2D eigenvalue weighted by atomic mass is 127. The summed E-state index contributed by atoms with van der Waals surface area (Å²) in [6.45, 7) is 4.09. The van der Waals surface area contributed by atoms with E-state index in [1.165, 1.54) is 11.9 Å².